The van der Waals surface area contributed by atoms with Gasteiger partial charge in [-0.15, -0.1) is 0 Å². The molecule has 0 bridgehead atoms. The van der Waals surface area contributed by atoms with Gasteiger partial charge < -0.3 is 5.73 Å². The van der Waals surface area contributed by atoms with E-state index in [2.05, 4.69) is 0 Å². The molecule has 0 aromatic heterocycles. The molecule has 20 heavy (non-hydrogen) atoms. The third-order valence-electron chi connectivity index (χ3n) is 3.90. The molecule has 2 N–H and O–H groups in total. The van der Waals surface area contributed by atoms with E-state index in [0.29, 0.717) is 6.07 Å². The van der Waals surface area contributed by atoms with E-state index in [9.17, 15) is 17.2 Å². The van der Waals surface area contributed by atoms with E-state index in [1.165, 1.54) is 0 Å². The molecule has 0 spiro atoms. The summed E-state index contributed by atoms with van der Waals surface area (Å²) in [5.74, 6) is -1.97. The molecule has 1 atom stereocenters. The topological polar surface area (TPSA) is 60.2 Å². The van der Waals surface area contributed by atoms with Crippen molar-refractivity contribution in [2.75, 3.05) is 5.75 Å². The summed E-state index contributed by atoms with van der Waals surface area (Å²) in [6, 6.07) is 2.00. The first-order valence-corrected chi connectivity index (χ1v) is 8.49. The van der Waals surface area contributed by atoms with Crippen LogP contribution in [0.5, 0.6) is 0 Å². The Labute approximate surface area is 118 Å². The lowest BCUT2D eigenvalue weighted by molar-refractivity contribution is 0.317. The van der Waals surface area contributed by atoms with Crippen LogP contribution in [0.15, 0.2) is 23.1 Å². The lowest BCUT2D eigenvalue weighted by atomic mass is 9.85. The van der Waals surface area contributed by atoms with E-state index < -0.39 is 32.4 Å². The standard InChI is InChI=1S/C14H19F2NO2S/c15-11-6-7-14(12(16)8-11)20(18,19)9-13(17)10-4-2-1-3-5-10/h6-8,10,13H,1-5,9,17H2. The first-order valence-electron chi connectivity index (χ1n) is 6.83. The van der Waals surface area contributed by atoms with Crippen molar-refractivity contribution in [3.8, 4) is 0 Å². The van der Waals surface area contributed by atoms with Gasteiger partial charge in [0.25, 0.3) is 0 Å². The molecule has 0 saturated heterocycles. The summed E-state index contributed by atoms with van der Waals surface area (Å²) < 4.78 is 50.8. The number of nitrogens with two attached hydrogens (primary N) is 1. The first kappa shape index (κ1) is 15.4. The molecule has 1 aliphatic rings. The molecule has 0 heterocycles. The van der Waals surface area contributed by atoms with Crippen molar-refractivity contribution in [2.24, 2.45) is 11.7 Å². The molecule has 1 aromatic rings. The summed E-state index contributed by atoms with van der Waals surface area (Å²) in [4.78, 5) is -0.467. The van der Waals surface area contributed by atoms with Gasteiger partial charge in [0.05, 0.1) is 5.75 Å². The Morgan fingerprint density at radius 2 is 1.85 bits per heavy atom. The van der Waals surface area contributed by atoms with Crippen LogP contribution in [-0.4, -0.2) is 20.2 Å². The molecule has 0 aliphatic heterocycles. The lowest BCUT2D eigenvalue weighted by Crippen LogP contribution is -2.38. The second-order valence-electron chi connectivity index (χ2n) is 5.42. The molecule has 1 saturated carbocycles. The Balaban J connectivity index is 2.13. The minimum atomic E-state index is -3.82. The lowest BCUT2D eigenvalue weighted by Gasteiger charge is -2.27. The zero-order chi connectivity index (χ0) is 14.8. The maximum Gasteiger partial charge on any atom is 0.182 e. The minimum Gasteiger partial charge on any atom is -0.327 e. The molecule has 0 amide bonds. The van der Waals surface area contributed by atoms with E-state index in [1.54, 1.807) is 0 Å². The first-order chi connectivity index (χ1) is 9.40. The van der Waals surface area contributed by atoms with Crippen LogP contribution in [0.3, 0.4) is 0 Å². The number of sulfone groups is 1. The van der Waals surface area contributed by atoms with E-state index in [-0.39, 0.29) is 11.7 Å². The molecule has 1 unspecified atom stereocenters. The minimum absolute atomic E-state index is 0.169. The summed E-state index contributed by atoms with van der Waals surface area (Å²) >= 11 is 0. The highest BCUT2D eigenvalue weighted by molar-refractivity contribution is 7.91. The van der Waals surface area contributed by atoms with Gasteiger partial charge in [0.15, 0.2) is 9.84 Å². The van der Waals surface area contributed by atoms with Gasteiger partial charge in [0.1, 0.15) is 16.5 Å². The van der Waals surface area contributed by atoms with Gasteiger partial charge in [-0.1, -0.05) is 19.3 Å². The van der Waals surface area contributed by atoms with Crippen LogP contribution in [0, 0.1) is 17.6 Å². The molecule has 112 valence electrons. The predicted molar refractivity (Wildman–Crippen MR) is 73.0 cm³/mol. The van der Waals surface area contributed by atoms with Crippen LogP contribution >= 0.6 is 0 Å². The average Bonchev–Trinajstić information content (AvgIpc) is 2.38. The smallest absolute Gasteiger partial charge is 0.182 e. The number of hydrogen-bond donors (Lipinski definition) is 1. The maximum absolute atomic E-state index is 13.6. The fourth-order valence-corrected chi connectivity index (χ4v) is 4.36. The average molecular weight is 303 g/mol. The van der Waals surface area contributed by atoms with E-state index in [1.807, 2.05) is 0 Å². The van der Waals surface area contributed by atoms with Crippen LogP contribution in [0.2, 0.25) is 0 Å². The Morgan fingerprint density at radius 1 is 1.20 bits per heavy atom. The van der Waals surface area contributed by atoms with Crippen LogP contribution in [0.25, 0.3) is 0 Å². The number of halogens is 2. The van der Waals surface area contributed by atoms with Crippen LogP contribution in [0.4, 0.5) is 8.78 Å². The van der Waals surface area contributed by atoms with Gasteiger partial charge in [-0.3, -0.25) is 0 Å². The molecule has 2 rings (SSSR count). The highest BCUT2D eigenvalue weighted by Crippen LogP contribution is 2.27. The summed E-state index contributed by atoms with van der Waals surface area (Å²) in [6.45, 7) is 0. The van der Waals surface area contributed by atoms with E-state index in [4.69, 9.17) is 5.73 Å². The van der Waals surface area contributed by atoms with Gasteiger partial charge in [-0.25, -0.2) is 17.2 Å². The summed E-state index contributed by atoms with van der Waals surface area (Å²) in [6.07, 6.45) is 5.11. The monoisotopic (exact) mass is 303 g/mol. The van der Waals surface area contributed by atoms with Crippen LogP contribution in [0.1, 0.15) is 32.1 Å². The van der Waals surface area contributed by atoms with Gasteiger partial charge in [0.2, 0.25) is 0 Å². The van der Waals surface area contributed by atoms with Crippen molar-refractivity contribution in [3.05, 3.63) is 29.8 Å². The highest BCUT2D eigenvalue weighted by atomic mass is 32.2. The second kappa shape index (κ2) is 6.18. The Kier molecular flexibility index (Phi) is 4.75. The van der Waals surface area contributed by atoms with Gasteiger partial charge >= 0.3 is 0 Å². The summed E-state index contributed by atoms with van der Waals surface area (Å²) in [7, 11) is -3.82. The summed E-state index contributed by atoms with van der Waals surface area (Å²) in [5, 5.41) is 0. The van der Waals surface area contributed by atoms with Crippen molar-refractivity contribution >= 4 is 9.84 Å². The zero-order valence-corrected chi connectivity index (χ0v) is 12.0. The van der Waals surface area contributed by atoms with Crippen molar-refractivity contribution in [3.63, 3.8) is 0 Å². The van der Waals surface area contributed by atoms with Crippen molar-refractivity contribution in [1.82, 2.24) is 0 Å². The second-order valence-corrected chi connectivity index (χ2v) is 7.42. The molecular formula is C14H19F2NO2S. The van der Waals surface area contributed by atoms with Crippen molar-refractivity contribution < 1.29 is 17.2 Å². The molecule has 1 aliphatic carbocycles. The fraction of sp³-hybridized carbons (Fsp3) is 0.571. The maximum atomic E-state index is 13.6. The van der Waals surface area contributed by atoms with Crippen LogP contribution < -0.4 is 5.73 Å². The van der Waals surface area contributed by atoms with Crippen LogP contribution in [-0.2, 0) is 9.84 Å². The molecule has 1 aromatic carbocycles. The number of benzene rings is 1. The van der Waals surface area contributed by atoms with E-state index in [0.717, 1.165) is 44.2 Å². The Bertz CT molecular complexity index is 569. The SMILES string of the molecule is NC(CS(=O)(=O)c1ccc(F)cc1F)C1CCCCC1. The molecular weight excluding hydrogens is 284 g/mol. The van der Waals surface area contributed by atoms with Gasteiger partial charge in [-0.05, 0) is 30.9 Å². The number of hydrogen-bond acceptors (Lipinski definition) is 3. The Hall–Kier alpha value is -1.01. The predicted octanol–water partition coefficient (Wildman–Crippen LogP) is 2.65. The largest absolute Gasteiger partial charge is 0.327 e. The highest BCUT2D eigenvalue weighted by Gasteiger charge is 2.28. The zero-order valence-electron chi connectivity index (χ0n) is 11.2. The molecule has 6 heteroatoms. The Morgan fingerprint density at radius 3 is 2.45 bits per heavy atom. The summed E-state index contributed by atoms with van der Waals surface area (Å²) in [5.41, 5.74) is 5.98. The fourth-order valence-electron chi connectivity index (χ4n) is 2.77. The molecule has 1 fully saturated rings. The van der Waals surface area contributed by atoms with Gasteiger partial charge in [0, 0.05) is 12.1 Å². The normalized spacial score (nSPS) is 18.9. The quantitative estimate of drug-likeness (QED) is 0.870. The molecule has 3 nitrogen and oxygen atoms in total. The van der Waals surface area contributed by atoms with Crippen molar-refractivity contribution in [1.29, 1.82) is 0 Å². The van der Waals surface area contributed by atoms with Gasteiger partial charge in [-0.2, -0.15) is 0 Å². The number of rotatable bonds is 4. The molecule has 0 radical (unpaired) electrons. The third kappa shape index (κ3) is 3.55. The van der Waals surface area contributed by atoms with Crippen molar-refractivity contribution in [2.45, 2.75) is 43.0 Å². The third-order valence-corrected chi connectivity index (χ3v) is 5.72. The van der Waals surface area contributed by atoms with E-state index >= 15 is 0 Å².